The molecule has 2 N–H and O–H groups in total. The van der Waals surface area contributed by atoms with Crippen molar-refractivity contribution in [1.29, 1.82) is 0 Å². The maximum atomic E-state index is 11.8. The van der Waals surface area contributed by atoms with Gasteiger partial charge in [0, 0.05) is 6.07 Å². The first-order valence-electron chi connectivity index (χ1n) is 5.25. The van der Waals surface area contributed by atoms with Gasteiger partial charge in [0.05, 0.1) is 10.6 Å². The van der Waals surface area contributed by atoms with Gasteiger partial charge in [0.25, 0.3) is 5.69 Å². The Morgan fingerprint density at radius 1 is 1.50 bits per heavy atom. The van der Waals surface area contributed by atoms with Crippen molar-refractivity contribution in [2.45, 2.75) is 19.1 Å². The summed E-state index contributed by atoms with van der Waals surface area (Å²) < 4.78 is 25.6. The molecule has 110 valence electrons. The molecule has 0 aliphatic heterocycles. The van der Waals surface area contributed by atoms with Crippen LogP contribution in [0.15, 0.2) is 12.1 Å². The Hall–Kier alpha value is -1.87. The molecular weight excluding hydrogens is 312 g/mol. The molecule has 1 atom stereocenters. The highest BCUT2D eigenvalue weighted by molar-refractivity contribution is 7.94. The maximum absolute atomic E-state index is 11.8. The minimum absolute atomic E-state index is 0.00583. The second-order valence-electron chi connectivity index (χ2n) is 4.00. The molecule has 0 saturated carbocycles. The number of carboxylic acids is 1. The van der Waals surface area contributed by atoms with Crippen LogP contribution < -0.4 is 4.72 Å². The van der Waals surface area contributed by atoms with E-state index in [2.05, 4.69) is 4.72 Å². The lowest BCUT2D eigenvalue weighted by Gasteiger charge is -2.13. The van der Waals surface area contributed by atoms with Gasteiger partial charge in [-0.15, -0.1) is 0 Å². The number of aliphatic carboxylic acids is 1. The van der Waals surface area contributed by atoms with Crippen LogP contribution in [-0.4, -0.2) is 29.7 Å². The minimum Gasteiger partial charge on any atom is -0.480 e. The summed E-state index contributed by atoms with van der Waals surface area (Å²) in [6, 6.07) is 2.17. The molecule has 10 heteroatoms. The van der Waals surface area contributed by atoms with Gasteiger partial charge in [-0.1, -0.05) is 11.6 Å². The molecule has 1 aromatic rings. The number of rotatable bonds is 5. The van der Waals surface area contributed by atoms with E-state index < -0.39 is 26.2 Å². The average molecular weight is 323 g/mol. The van der Waals surface area contributed by atoms with Crippen LogP contribution in [0.25, 0.3) is 0 Å². The van der Waals surface area contributed by atoms with Gasteiger partial charge < -0.3 is 5.11 Å². The van der Waals surface area contributed by atoms with E-state index in [-0.39, 0.29) is 22.0 Å². The first-order valence-corrected chi connectivity index (χ1v) is 7.17. The SMILES string of the molecule is Cc1cc([N+](=O)[O-])c(Cl)cc1NS(=O)(=O)C(C)C(=O)O. The number of nitro groups is 1. The van der Waals surface area contributed by atoms with Crippen LogP contribution in [0.2, 0.25) is 5.02 Å². The van der Waals surface area contributed by atoms with Crippen molar-refractivity contribution < 1.29 is 23.2 Å². The molecule has 20 heavy (non-hydrogen) atoms. The van der Waals surface area contributed by atoms with Gasteiger partial charge in [-0.05, 0) is 25.5 Å². The second-order valence-corrected chi connectivity index (χ2v) is 6.41. The fourth-order valence-electron chi connectivity index (χ4n) is 1.29. The Morgan fingerprint density at radius 2 is 2.05 bits per heavy atom. The molecule has 0 fully saturated rings. The number of halogens is 1. The summed E-state index contributed by atoms with van der Waals surface area (Å²) in [6.07, 6.45) is 0. The quantitative estimate of drug-likeness (QED) is 0.628. The summed E-state index contributed by atoms with van der Waals surface area (Å²) >= 11 is 5.67. The number of nitrogens with zero attached hydrogens (tertiary/aromatic N) is 1. The van der Waals surface area contributed by atoms with E-state index in [9.17, 15) is 23.3 Å². The summed E-state index contributed by atoms with van der Waals surface area (Å²) in [5, 5.41) is 17.5. The number of carboxylic acid groups (broad SMARTS) is 1. The van der Waals surface area contributed by atoms with Gasteiger partial charge in [0.2, 0.25) is 10.0 Å². The number of carbonyl (C=O) groups is 1. The average Bonchev–Trinajstić information content (AvgIpc) is 2.31. The lowest BCUT2D eigenvalue weighted by Crippen LogP contribution is -2.32. The molecule has 0 aromatic heterocycles. The summed E-state index contributed by atoms with van der Waals surface area (Å²) in [7, 11) is -4.16. The van der Waals surface area contributed by atoms with E-state index >= 15 is 0 Å². The fourth-order valence-corrected chi connectivity index (χ4v) is 2.49. The van der Waals surface area contributed by atoms with Gasteiger partial charge in [-0.2, -0.15) is 0 Å². The normalized spacial score (nSPS) is 12.8. The molecule has 0 bridgehead atoms. The summed E-state index contributed by atoms with van der Waals surface area (Å²) in [4.78, 5) is 20.7. The Labute approximate surface area is 119 Å². The van der Waals surface area contributed by atoms with Crippen LogP contribution in [0.4, 0.5) is 11.4 Å². The molecule has 0 aliphatic carbocycles. The monoisotopic (exact) mass is 322 g/mol. The Bertz CT molecular complexity index is 673. The predicted molar refractivity (Wildman–Crippen MR) is 72.5 cm³/mol. The minimum atomic E-state index is -4.16. The first-order chi connectivity index (χ1) is 9.06. The van der Waals surface area contributed by atoms with Crippen molar-refractivity contribution in [2.75, 3.05) is 4.72 Å². The van der Waals surface area contributed by atoms with Crippen molar-refractivity contribution in [1.82, 2.24) is 0 Å². The molecule has 1 rings (SSSR count). The molecule has 8 nitrogen and oxygen atoms in total. The van der Waals surface area contributed by atoms with Crippen LogP contribution in [0.3, 0.4) is 0 Å². The maximum Gasteiger partial charge on any atom is 0.323 e. The number of nitro benzene ring substituents is 1. The predicted octanol–water partition coefficient (Wildman–Crippen LogP) is 1.77. The van der Waals surface area contributed by atoms with Crippen molar-refractivity contribution in [3.63, 3.8) is 0 Å². The molecule has 1 unspecified atom stereocenters. The van der Waals surface area contributed by atoms with Crippen molar-refractivity contribution in [3.8, 4) is 0 Å². The number of benzene rings is 1. The second kappa shape index (κ2) is 5.63. The smallest absolute Gasteiger partial charge is 0.323 e. The van der Waals surface area contributed by atoms with Crippen molar-refractivity contribution in [2.24, 2.45) is 0 Å². The Balaban J connectivity index is 3.21. The number of anilines is 1. The van der Waals surface area contributed by atoms with E-state index in [4.69, 9.17) is 16.7 Å². The highest BCUT2D eigenvalue weighted by atomic mass is 35.5. The van der Waals surface area contributed by atoms with E-state index in [1.54, 1.807) is 0 Å². The first kappa shape index (κ1) is 16.2. The van der Waals surface area contributed by atoms with Crippen LogP contribution in [0.1, 0.15) is 12.5 Å². The van der Waals surface area contributed by atoms with E-state index in [0.29, 0.717) is 0 Å². The zero-order chi connectivity index (χ0) is 15.7. The zero-order valence-electron chi connectivity index (χ0n) is 10.5. The van der Waals surface area contributed by atoms with Crippen molar-refractivity contribution >= 4 is 39.0 Å². The summed E-state index contributed by atoms with van der Waals surface area (Å²) in [5.74, 6) is -1.51. The van der Waals surface area contributed by atoms with Crippen LogP contribution >= 0.6 is 11.6 Å². The van der Waals surface area contributed by atoms with Crippen LogP contribution in [0, 0.1) is 17.0 Å². The van der Waals surface area contributed by atoms with Gasteiger partial charge in [-0.3, -0.25) is 19.6 Å². The zero-order valence-corrected chi connectivity index (χ0v) is 12.0. The Morgan fingerprint density at radius 3 is 2.50 bits per heavy atom. The van der Waals surface area contributed by atoms with Gasteiger partial charge in [0.15, 0.2) is 5.25 Å². The molecule has 0 heterocycles. The van der Waals surface area contributed by atoms with Gasteiger partial charge in [-0.25, -0.2) is 8.42 Å². The third kappa shape index (κ3) is 3.36. The molecular formula is C10H11ClN2O6S. The number of sulfonamides is 1. The molecule has 0 spiro atoms. The molecule has 0 aliphatic rings. The third-order valence-electron chi connectivity index (χ3n) is 2.56. The molecule has 0 amide bonds. The summed E-state index contributed by atoms with van der Waals surface area (Å²) in [5.41, 5.74) is -0.116. The fraction of sp³-hybridized carbons (Fsp3) is 0.300. The highest BCUT2D eigenvalue weighted by Gasteiger charge is 2.28. The lowest BCUT2D eigenvalue weighted by molar-refractivity contribution is -0.384. The topological polar surface area (TPSA) is 127 Å². The van der Waals surface area contributed by atoms with Crippen LogP contribution in [0.5, 0.6) is 0 Å². The van der Waals surface area contributed by atoms with E-state index in [1.807, 2.05) is 0 Å². The largest absolute Gasteiger partial charge is 0.480 e. The summed E-state index contributed by atoms with van der Waals surface area (Å²) in [6.45, 7) is 2.44. The number of nitrogens with one attached hydrogen (secondary N) is 1. The van der Waals surface area contributed by atoms with E-state index in [0.717, 1.165) is 19.1 Å². The molecule has 0 saturated heterocycles. The van der Waals surface area contributed by atoms with E-state index in [1.165, 1.54) is 6.92 Å². The van der Waals surface area contributed by atoms with Gasteiger partial charge >= 0.3 is 5.97 Å². The number of hydrogen-bond donors (Lipinski definition) is 2. The molecule has 0 radical (unpaired) electrons. The number of hydrogen-bond acceptors (Lipinski definition) is 5. The lowest BCUT2D eigenvalue weighted by atomic mass is 10.2. The number of aryl methyl sites for hydroxylation is 1. The highest BCUT2D eigenvalue weighted by Crippen LogP contribution is 2.31. The van der Waals surface area contributed by atoms with Crippen LogP contribution in [-0.2, 0) is 14.8 Å². The van der Waals surface area contributed by atoms with Gasteiger partial charge in [0.1, 0.15) is 5.02 Å². The van der Waals surface area contributed by atoms with Crippen molar-refractivity contribution in [3.05, 3.63) is 32.8 Å². The standard InChI is InChI=1S/C10H11ClN2O6S/c1-5-3-9(13(16)17)7(11)4-8(5)12-20(18,19)6(2)10(14)15/h3-4,6,12H,1-2H3,(H,14,15). The Kier molecular flexibility index (Phi) is 4.56. The third-order valence-corrected chi connectivity index (χ3v) is 4.50. The molecule has 1 aromatic carbocycles.